The Hall–Kier alpha value is -2.03. The van der Waals surface area contributed by atoms with Crippen molar-refractivity contribution >= 4 is 19.8 Å². The van der Waals surface area contributed by atoms with Gasteiger partial charge in [0.1, 0.15) is 6.61 Å². The van der Waals surface area contributed by atoms with Crippen LogP contribution in [0.1, 0.15) is 155 Å². The quantitative estimate of drug-likeness (QED) is 0.0285. The van der Waals surface area contributed by atoms with Crippen molar-refractivity contribution in [3.05, 3.63) is 48.6 Å². The van der Waals surface area contributed by atoms with Crippen LogP contribution in [0.2, 0.25) is 0 Å². The normalized spacial score (nSPS) is 14.0. The van der Waals surface area contributed by atoms with Gasteiger partial charge in [0.25, 0.3) is 0 Å². The van der Waals surface area contributed by atoms with Gasteiger partial charge in [-0.15, -0.1) is 0 Å². The van der Waals surface area contributed by atoms with Gasteiger partial charge in [0, 0.05) is 19.4 Å². The lowest BCUT2D eigenvalue weighted by Gasteiger charge is -2.19. The van der Waals surface area contributed by atoms with E-state index >= 15 is 0 Å². The van der Waals surface area contributed by atoms with E-state index in [9.17, 15) is 19.0 Å². The molecule has 0 rings (SSSR count). The van der Waals surface area contributed by atoms with E-state index in [1.807, 2.05) is 0 Å². The molecule has 49 heavy (non-hydrogen) atoms. The van der Waals surface area contributed by atoms with Gasteiger partial charge < -0.3 is 20.1 Å². The van der Waals surface area contributed by atoms with Crippen molar-refractivity contribution in [2.24, 2.45) is 5.73 Å². The summed E-state index contributed by atoms with van der Waals surface area (Å²) in [5.41, 5.74) is 5.33. The number of ether oxygens (including phenoxy) is 2. The molecule has 0 aliphatic heterocycles. The average Bonchev–Trinajstić information content (AvgIpc) is 3.08. The summed E-state index contributed by atoms with van der Waals surface area (Å²) >= 11 is 0. The van der Waals surface area contributed by atoms with Crippen LogP contribution in [0.15, 0.2) is 48.6 Å². The maximum Gasteiger partial charge on any atom is 0.472 e. The standard InChI is InChI=1S/C39H70NO8P/c1-3-5-7-9-11-13-15-16-17-18-19-20-22-24-26-28-30-32-39(42)48-37(36-47-49(43,44)46-34-33-40)35-45-38(41)31-29-27-25-23-21-14-12-10-8-6-4-2/h10-13,16-17,19-20,37H,3-9,14-15,18,21-36,40H2,1-2H3,(H,43,44)/t37-/m1/s1. The molecule has 1 unspecified atom stereocenters. The van der Waals surface area contributed by atoms with Crippen LogP contribution in [0.3, 0.4) is 0 Å². The minimum absolute atomic E-state index is 0.0467. The second kappa shape index (κ2) is 35.8. The predicted molar refractivity (Wildman–Crippen MR) is 201 cm³/mol. The van der Waals surface area contributed by atoms with Crippen LogP contribution < -0.4 is 5.73 Å². The summed E-state index contributed by atoms with van der Waals surface area (Å²) in [4.78, 5) is 34.7. The highest BCUT2D eigenvalue weighted by Crippen LogP contribution is 2.43. The molecule has 0 fully saturated rings. The molecule has 9 nitrogen and oxygen atoms in total. The van der Waals surface area contributed by atoms with E-state index in [4.69, 9.17) is 24.3 Å². The van der Waals surface area contributed by atoms with Gasteiger partial charge in [0.15, 0.2) is 6.10 Å². The topological polar surface area (TPSA) is 134 Å². The fraction of sp³-hybridized carbons (Fsp3) is 0.744. The van der Waals surface area contributed by atoms with E-state index in [1.54, 1.807) is 0 Å². The Morgan fingerprint density at radius 3 is 1.65 bits per heavy atom. The molecular formula is C39H70NO8P. The van der Waals surface area contributed by atoms with E-state index in [0.717, 1.165) is 83.5 Å². The van der Waals surface area contributed by atoms with Crippen molar-refractivity contribution in [2.75, 3.05) is 26.4 Å². The Morgan fingerprint density at radius 1 is 0.612 bits per heavy atom. The second-order valence-corrected chi connectivity index (χ2v) is 13.9. The van der Waals surface area contributed by atoms with Crippen molar-refractivity contribution in [3.8, 4) is 0 Å². The highest BCUT2D eigenvalue weighted by molar-refractivity contribution is 7.47. The first kappa shape index (κ1) is 47.0. The smallest absolute Gasteiger partial charge is 0.462 e. The Kier molecular flexibility index (Phi) is 34.3. The Bertz CT molecular complexity index is 949. The largest absolute Gasteiger partial charge is 0.472 e. The van der Waals surface area contributed by atoms with Crippen molar-refractivity contribution in [1.29, 1.82) is 0 Å². The van der Waals surface area contributed by atoms with Crippen molar-refractivity contribution < 1.29 is 37.6 Å². The van der Waals surface area contributed by atoms with Gasteiger partial charge in [-0.1, -0.05) is 120 Å². The Labute approximate surface area is 298 Å². The number of phosphoric acid groups is 1. The number of phosphoric ester groups is 1. The van der Waals surface area contributed by atoms with E-state index in [-0.39, 0.29) is 32.6 Å². The zero-order valence-electron chi connectivity index (χ0n) is 30.9. The number of allylic oxidation sites excluding steroid dienone is 8. The zero-order valence-corrected chi connectivity index (χ0v) is 31.8. The van der Waals surface area contributed by atoms with Crippen molar-refractivity contribution in [1.82, 2.24) is 0 Å². The van der Waals surface area contributed by atoms with Crippen LogP contribution in [-0.4, -0.2) is 49.3 Å². The number of esters is 2. The van der Waals surface area contributed by atoms with Gasteiger partial charge in [-0.05, 0) is 70.6 Å². The summed E-state index contributed by atoms with van der Waals surface area (Å²) in [6.07, 6.45) is 38.5. The molecule has 0 radical (unpaired) electrons. The molecule has 0 heterocycles. The molecule has 2 atom stereocenters. The molecule has 0 aromatic heterocycles. The summed E-state index contributed by atoms with van der Waals surface area (Å²) in [7, 11) is -4.38. The van der Waals surface area contributed by atoms with Gasteiger partial charge in [0.2, 0.25) is 0 Å². The summed E-state index contributed by atoms with van der Waals surface area (Å²) in [5.74, 6) is -0.871. The molecule has 284 valence electrons. The summed E-state index contributed by atoms with van der Waals surface area (Å²) < 4.78 is 32.6. The number of unbranched alkanes of at least 4 members (excludes halogenated alkanes) is 14. The maximum atomic E-state index is 12.5. The van der Waals surface area contributed by atoms with Crippen LogP contribution in [-0.2, 0) is 32.7 Å². The molecule has 10 heteroatoms. The lowest BCUT2D eigenvalue weighted by atomic mass is 10.1. The van der Waals surface area contributed by atoms with Crippen LogP contribution in [0.25, 0.3) is 0 Å². The molecule has 0 spiro atoms. The van der Waals surface area contributed by atoms with E-state index in [2.05, 4.69) is 62.5 Å². The van der Waals surface area contributed by atoms with Gasteiger partial charge in [-0.3, -0.25) is 18.6 Å². The average molecular weight is 712 g/mol. The molecule has 0 amide bonds. The van der Waals surface area contributed by atoms with Crippen molar-refractivity contribution in [2.45, 2.75) is 161 Å². The highest BCUT2D eigenvalue weighted by atomic mass is 31.2. The Morgan fingerprint density at radius 2 is 1.08 bits per heavy atom. The number of nitrogens with two attached hydrogens (primary N) is 1. The lowest BCUT2D eigenvalue weighted by molar-refractivity contribution is -0.161. The first-order valence-corrected chi connectivity index (χ1v) is 20.6. The van der Waals surface area contributed by atoms with E-state index in [1.165, 1.54) is 38.5 Å². The first-order chi connectivity index (χ1) is 23.8. The number of carbonyl (C=O) groups excluding carboxylic acids is 2. The molecule has 0 aromatic rings. The first-order valence-electron chi connectivity index (χ1n) is 19.1. The highest BCUT2D eigenvalue weighted by Gasteiger charge is 2.25. The zero-order chi connectivity index (χ0) is 36.1. The number of carbonyl (C=O) groups is 2. The minimum atomic E-state index is -4.38. The second-order valence-electron chi connectivity index (χ2n) is 12.4. The number of rotatable bonds is 35. The molecule has 3 N–H and O–H groups in total. The molecule has 0 bridgehead atoms. The van der Waals surface area contributed by atoms with Gasteiger partial charge in [-0.25, -0.2) is 4.57 Å². The molecule has 0 aliphatic rings. The minimum Gasteiger partial charge on any atom is -0.462 e. The summed E-state index contributed by atoms with van der Waals surface area (Å²) in [6.45, 7) is 3.60. The number of hydrogen-bond donors (Lipinski definition) is 2. The maximum absolute atomic E-state index is 12.5. The predicted octanol–water partition coefficient (Wildman–Crippen LogP) is 10.4. The van der Waals surface area contributed by atoms with Crippen LogP contribution in [0.4, 0.5) is 0 Å². The van der Waals surface area contributed by atoms with Gasteiger partial charge in [-0.2, -0.15) is 0 Å². The monoisotopic (exact) mass is 711 g/mol. The van der Waals surface area contributed by atoms with Crippen molar-refractivity contribution in [3.63, 3.8) is 0 Å². The Balaban J connectivity index is 4.28. The lowest BCUT2D eigenvalue weighted by Crippen LogP contribution is -2.29. The fourth-order valence-electron chi connectivity index (χ4n) is 4.80. The third kappa shape index (κ3) is 35.6. The van der Waals surface area contributed by atoms with Gasteiger partial charge in [0.05, 0.1) is 13.2 Å². The van der Waals surface area contributed by atoms with Crippen LogP contribution >= 0.6 is 7.82 Å². The SMILES string of the molecule is CCCCC=CCCCCCCCC(=O)OC[C@H](COP(=O)(O)OCCN)OC(=O)CCCCCCC=CCC=CCC=CCCCCC. The molecule has 0 saturated heterocycles. The molecular weight excluding hydrogens is 641 g/mol. The van der Waals surface area contributed by atoms with E-state index in [0.29, 0.717) is 6.42 Å². The molecule has 0 aromatic carbocycles. The third-order valence-corrected chi connectivity index (χ3v) is 8.67. The molecule has 0 aliphatic carbocycles. The summed E-state index contributed by atoms with van der Waals surface area (Å²) in [5, 5.41) is 0. The molecule has 0 saturated carbocycles. The number of hydrogen-bond acceptors (Lipinski definition) is 8. The third-order valence-electron chi connectivity index (χ3n) is 7.69. The van der Waals surface area contributed by atoms with E-state index < -0.39 is 32.5 Å². The van der Waals surface area contributed by atoms with Gasteiger partial charge >= 0.3 is 19.8 Å². The van der Waals surface area contributed by atoms with Crippen LogP contribution in [0.5, 0.6) is 0 Å². The van der Waals surface area contributed by atoms with Crippen LogP contribution in [0, 0.1) is 0 Å². The summed E-state index contributed by atoms with van der Waals surface area (Å²) in [6, 6.07) is 0. The fourth-order valence-corrected chi connectivity index (χ4v) is 5.56.